The van der Waals surface area contributed by atoms with Crippen molar-refractivity contribution in [3.05, 3.63) is 46.3 Å². The van der Waals surface area contributed by atoms with Crippen molar-refractivity contribution in [1.29, 1.82) is 0 Å². The molecule has 0 aliphatic rings. The van der Waals surface area contributed by atoms with Crippen LogP contribution in [0.4, 0.5) is 4.39 Å². The van der Waals surface area contributed by atoms with E-state index < -0.39 is 11.9 Å². The van der Waals surface area contributed by atoms with Crippen LogP contribution in [-0.2, 0) is 13.5 Å². The zero-order chi connectivity index (χ0) is 13.3. The molecule has 0 bridgehead atoms. The van der Waals surface area contributed by atoms with Gasteiger partial charge in [0.15, 0.2) is 0 Å². The van der Waals surface area contributed by atoms with E-state index in [0.717, 1.165) is 17.5 Å². The normalized spacial score (nSPS) is 12.7. The van der Waals surface area contributed by atoms with Crippen LogP contribution in [0.1, 0.15) is 22.9 Å². The molecule has 2 aromatic heterocycles. The number of rotatable bonds is 3. The molecule has 0 fully saturated rings. The molecule has 1 unspecified atom stereocenters. The highest BCUT2D eigenvalue weighted by molar-refractivity contribution is 6.30. The van der Waals surface area contributed by atoms with Gasteiger partial charge < -0.3 is 5.73 Å². The Labute approximate surface area is 110 Å². The molecule has 96 valence electrons. The average molecular weight is 269 g/mol. The van der Waals surface area contributed by atoms with E-state index in [4.69, 9.17) is 17.3 Å². The molecule has 2 aromatic rings. The summed E-state index contributed by atoms with van der Waals surface area (Å²) in [4.78, 5) is 3.70. The van der Waals surface area contributed by atoms with E-state index in [1.807, 2.05) is 6.92 Å². The summed E-state index contributed by atoms with van der Waals surface area (Å²) >= 11 is 6.12. The number of hydrogen-bond acceptors (Lipinski definition) is 3. The first-order valence-electron chi connectivity index (χ1n) is 5.53. The summed E-state index contributed by atoms with van der Waals surface area (Å²) < 4.78 is 15.1. The summed E-state index contributed by atoms with van der Waals surface area (Å²) in [5.74, 6) is -0.400. The van der Waals surface area contributed by atoms with Crippen molar-refractivity contribution in [2.75, 3.05) is 0 Å². The molecule has 1 atom stereocenters. The van der Waals surface area contributed by atoms with Gasteiger partial charge in [0.1, 0.15) is 11.0 Å². The molecule has 0 aliphatic heterocycles. The molecule has 2 heterocycles. The lowest BCUT2D eigenvalue weighted by Gasteiger charge is -2.12. The Morgan fingerprint density at radius 1 is 1.56 bits per heavy atom. The Morgan fingerprint density at radius 3 is 2.83 bits per heavy atom. The number of aromatic nitrogens is 3. The summed E-state index contributed by atoms with van der Waals surface area (Å²) in [6, 6.07) is 1.12. The second kappa shape index (κ2) is 5.04. The van der Waals surface area contributed by atoms with Gasteiger partial charge in [-0.3, -0.25) is 9.67 Å². The molecule has 0 aliphatic carbocycles. The van der Waals surface area contributed by atoms with E-state index in [9.17, 15) is 4.39 Å². The molecule has 0 amide bonds. The van der Waals surface area contributed by atoms with Crippen molar-refractivity contribution in [3.63, 3.8) is 0 Å². The fraction of sp³-hybridized carbons (Fsp3) is 0.333. The fourth-order valence-electron chi connectivity index (χ4n) is 1.92. The Kier molecular flexibility index (Phi) is 3.63. The monoisotopic (exact) mass is 268 g/mol. The topological polar surface area (TPSA) is 56.7 Å². The van der Waals surface area contributed by atoms with E-state index in [1.165, 1.54) is 6.20 Å². The molecular weight excluding hydrogens is 255 g/mol. The van der Waals surface area contributed by atoms with Gasteiger partial charge in [0.2, 0.25) is 0 Å². The Hall–Kier alpha value is -1.46. The minimum atomic E-state index is -0.464. The number of nitrogens with zero attached hydrogens (tertiary/aromatic N) is 3. The molecule has 0 saturated heterocycles. The number of halogens is 2. The van der Waals surface area contributed by atoms with Gasteiger partial charge in [-0.05, 0) is 19.4 Å². The third-order valence-corrected chi connectivity index (χ3v) is 3.37. The van der Waals surface area contributed by atoms with Crippen LogP contribution in [0, 0.1) is 12.7 Å². The van der Waals surface area contributed by atoms with Crippen LogP contribution in [0.15, 0.2) is 18.5 Å². The second-order valence-corrected chi connectivity index (χ2v) is 4.54. The maximum absolute atomic E-state index is 13.6. The standard InChI is InChI=1S/C12H14ClFN4/c1-7-9(12(13)18(2)17-7)5-11(15)8-3-4-16-6-10(8)14/h3-4,6,11H,5,15H2,1-2H3. The maximum Gasteiger partial charge on any atom is 0.146 e. The van der Waals surface area contributed by atoms with E-state index in [2.05, 4.69) is 10.1 Å². The molecule has 2 rings (SSSR count). The molecule has 18 heavy (non-hydrogen) atoms. The van der Waals surface area contributed by atoms with Crippen LogP contribution in [0.5, 0.6) is 0 Å². The largest absolute Gasteiger partial charge is 0.324 e. The summed E-state index contributed by atoms with van der Waals surface area (Å²) in [6.45, 7) is 1.86. The molecule has 0 aromatic carbocycles. The van der Waals surface area contributed by atoms with Crippen molar-refractivity contribution < 1.29 is 4.39 Å². The first-order chi connectivity index (χ1) is 8.50. The van der Waals surface area contributed by atoms with Crippen molar-refractivity contribution in [1.82, 2.24) is 14.8 Å². The number of aryl methyl sites for hydroxylation is 2. The van der Waals surface area contributed by atoms with Gasteiger partial charge >= 0.3 is 0 Å². The first kappa shape index (κ1) is 13.0. The molecular formula is C12H14ClFN4. The highest BCUT2D eigenvalue weighted by atomic mass is 35.5. The molecule has 2 N–H and O–H groups in total. The number of pyridine rings is 1. The van der Waals surface area contributed by atoms with Crippen LogP contribution in [-0.4, -0.2) is 14.8 Å². The van der Waals surface area contributed by atoms with Crippen LogP contribution in [0.25, 0.3) is 0 Å². The Morgan fingerprint density at radius 2 is 2.28 bits per heavy atom. The van der Waals surface area contributed by atoms with E-state index in [1.54, 1.807) is 17.8 Å². The van der Waals surface area contributed by atoms with Crippen molar-refractivity contribution >= 4 is 11.6 Å². The summed E-state index contributed by atoms with van der Waals surface area (Å²) in [5, 5.41) is 4.74. The van der Waals surface area contributed by atoms with Crippen molar-refractivity contribution in [2.24, 2.45) is 12.8 Å². The maximum atomic E-state index is 13.6. The molecule has 0 saturated carbocycles. The lowest BCUT2D eigenvalue weighted by molar-refractivity contribution is 0.574. The van der Waals surface area contributed by atoms with Crippen molar-refractivity contribution in [3.8, 4) is 0 Å². The summed E-state index contributed by atoms with van der Waals surface area (Å²) in [7, 11) is 1.76. The van der Waals surface area contributed by atoms with Gasteiger partial charge in [-0.1, -0.05) is 11.6 Å². The lowest BCUT2D eigenvalue weighted by atomic mass is 10.0. The first-order valence-corrected chi connectivity index (χ1v) is 5.91. The van der Waals surface area contributed by atoms with Gasteiger partial charge in [0, 0.05) is 30.4 Å². The Bertz CT molecular complexity index is 567. The summed E-state index contributed by atoms with van der Waals surface area (Å²) in [5.41, 5.74) is 8.11. The van der Waals surface area contributed by atoms with Gasteiger partial charge in [-0.25, -0.2) is 4.39 Å². The molecule has 0 spiro atoms. The molecule has 4 nitrogen and oxygen atoms in total. The third-order valence-electron chi connectivity index (χ3n) is 2.90. The van der Waals surface area contributed by atoms with Crippen LogP contribution in [0.3, 0.4) is 0 Å². The third kappa shape index (κ3) is 2.37. The smallest absolute Gasteiger partial charge is 0.146 e. The predicted molar refractivity (Wildman–Crippen MR) is 67.8 cm³/mol. The zero-order valence-corrected chi connectivity index (χ0v) is 10.9. The fourth-order valence-corrected chi connectivity index (χ4v) is 2.17. The number of hydrogen-bond donors (Lipinski definition) is 1. The van der Waals surface area contributed by atoms with Crippen molar-refractivity contribution in [2.45, 2.75) is 19.4 Å². The quantitative estimate of drug-likeness (QED) is 0.928. The van der Waals surface area contributed by atoms with Gasteiger partial charge in [-0.2, -0.15) is 5.10 Å². The second-order valence-electron chi connectivity index (χ2n) is 4.19. The molecule has 0 radical (unpaired) electrons. The number of nitrogens with two attached hydrogens (primary N) is 1. The highest BCUT2D eigenvalue weighted by Gasteiger charge is 2.18. The van der Waals surface area contributed by atoms with E-state index >= 15 is 0 Å². The Balaban J connectivity index is 2.27. The minimum Gasteiger partial charge on any atom is -0.324 e. The van der Waals surface area contributed by atoms with Gasteiger partial charge in [0.25, 0.3) is 0 Å². The van der Waals surface area contributed by atoms with E-state index in [0.29, 0.717) is 17.1 Å². The van der Waals surface area contributed by atoms with Crippen LogP contribution < -0.4 is 5.73 Å². The van der Waals surface area contributed by atoms with Gasteiger partial charge in [-0.15, -0.1) is 0 Å². The summed E-state index contributed by atoms with van der Waals surface area (Å²) in [6.07, 6.45) is 3.13. The minimum absolute atomic E-state index is 0.400. The highest BCUT2D eigenvalue weighted by Crippen LogP contribution is 2.25. The van der Waals surface area contributed by atoms with Gasteiger partial charge in [0.05, 0.1) is 11.9 Å². The van der Waals surface area contributed by atoms with Crippen LogP contribution in [0.2, 0.25) is 5.15 Å². The predicted octanol–water partition coefficient (Wildman–Crippen LogP) is 2.16. The SMILES string of the molecule is Cc1nn(C)c(Cl)c1CC(N)c1ccncc1F. The zero-order valence-electron chi connectivity index (χ0n) is 10.2. The molecule has 6 heteroatoms. The van der Waals surface area contributed by atoms with E-state index in [-0.39, 0.29) is 0 Å². The average Bonchev–Trinajstić information content (AvgIpc) is 2.56. The lowest BCUT2D eigenvalue weighted by Crippen LogP contribution is -2.15. The van der Waals surface area contributed by atoms with Crippen LogP contribution >= 0.6 is 11.6 Å².